The summed E-state index contributed by atoms with van der Waals surface area (Å²) in [6, 6.07) is 7.82. The topological polar surface area (TPSA) is 46.2 Å². The Bertz CT molecular complexity index is 347. The highest BCUT2D eigenvalue weighted by Gasteiger charge is 2.55. The Morgan fingerprint density at radius 2 is 2.07 bits per heavy atom. The van der Waals surface area contributed by atoms with Crippen LogP contribution < -0.4 is 5.73 Å². The molecule has 1 fully saturated rings. The highest BCUT2D eigenvalue weighted by Crippen LogP contribution is 2.59. The van der Waals surface area contributed by atoms with Crippen LogP contribution >= 0.6 is 15.9 Å². The molecular weight excluding hydrogens is 254 g/mol. The molecule has 3 atom stereocenters. The molecular formula is C12H16BrNO. The van der Waals surface area contributed by atoms with Crippen molar-refractivity contribution < 1.29 is 5.11 Å². The van der Waals surface area contributed by atoms with Gasteiger partial charge in [-0.2, -0.15) is 0 Å². The van der Waals surface area contributed by atoms with Crippen molar-refractivity contribution in [1.82, 2.24) is 0 Å². The van der Waals surface area contributed by atoms with Crippen molar-refractivity contribution in [2.45, 2.75) is 19.4 Å². The fourth-order valence-electron chi connectivity index (χ4n) is 2.27. The third kappa shape index (κ3) is 1.84. The highest BCUT2D eigenvalue weighted by atomic mass is 79.9. The molecule has 0 bridgehead atoms. The standard InChI is InChI=1S/C12H16BrNO/c1-8-6-12(8,7-14)11(15)9-2-4-10(13)5-3-9/h2-5,8,11,15H,6-7,14H2,1H3/t8-,11+,12-/m1/s1. The molecule has 1 aromatic rings. The highest BCUT2D eigenvalue weighted by molar-refractivity contribution is 9.10. The van der Waals surface area contributed by atoms with Gasteiger partial charge in [0, 0.05) is 16.4 Å². The predicted octanol–water partition coefficient (Wildman–Crippen LogP) is 2.47. The molecule has 0 amide bonds. The summed E-state index contributed by atoms with van der Waals surface area (Å²) in [6.07, 6.45) is 0.603. The first-order valence-electron chi connectivity index (χ1n) is 5.24. The monoisotopic (exact) mass is 269 g/mol. The van der Waals surface area contributed by atoms with Crippen molar-refractivity contribution in [3.8, 4) is 0 Å². The summed E-state index contributed by atoms with van der Waals surface area (Å²) in [5, 5.41) is 10.3. The van der Waals surface area contributed by atoms with Crippen molar-refractivity contribution in [2.24, 2.45) is 17.1 Å². The van der Waals surface area contributed by atoms with Gasteiger partial charge in [-0.3, -0.25) is 0 Å². The van der Waals surface area contributed by atoms with E-state index in [0.717, 1.165) is 16.5 Å². The molecule has 0 aliphatic heterocycles. The molecule has 2 rings (SSSR count). The molecule has 0 aromatic heterocycles. The second kappa shape index (κ2) is 3.89. The van der Waals surface area contributed by atoms with Crippen LogP contribution in [0.25, 0.3) is 0 Å². The third-order valence-electron chi connectivity index (χ3n) is 3.62. The Morgan fingerprint density at radius 1 is 1.53 bits per heavy atom. The molecule has 15 heavy (non-hydrogen) atoms. The van der Waals surface area contributed by atoms with E-state index in [0.29, 0.717) is 12.5 Å². The van der Waals surface area contributed by atoms with E-state index in [1.165, 1.54) is 0 Å². The van der Waals surface area contributed by atoms with Crippen molar-refractivity contribution in [2.75, 3.05) is 6.54 Å². The first-order chi connectivity index (χ1) is 7.10. The lowest BCUT2D eigenvalue weighted by atomic mass is 9.91. The van der Waals surface area contributed by atoms with Crippen molar-refractivity contribution >= 4 is 15.9 Å². The van der Waals surface area contributed by atoms with E-state index in [1.807, 2.05) is 24.3 Å². The lowest BCUT2D eigenvalue weighted by Gasteiger charge is -2.22. The van der Waals surface area contributed by atoms with E-state index >= 15 is 0 Å². The number of benzene rings is 1. The van der Waals surface area contributed by atoms with Crippen LogP contribution in [0.1, 0.15) is 25.0 Å². The molecule has 0 saturated heterocycles. The molecule has 0 spiro atoms. The predicted molar refractivity (Wildman–Crippen MR) is 64.4 cm³/mol. The number of hydrogen-bond donors (Lipinski definition) is 2. The van der Waals surface area contributed by atoms with Gasteiger partial charge in [0.1, 0.15) is 0 Å². The van der Waals surface area contributed by atoms with Gasteiger partial charge in [0.25, 0.3) is 0 Å². The quantitative estimate of drug-likeness (QED) is 0.886. The minimum absolute atomic E-state index is 0.0756. The summed E-state index contributed by atoms with van der Waals surface area (Å²) < 4.78 is 1.03. The second-order valence-electron chi connectivity index (χ2n) is 4.50. The van der Waals surface area contributed by atoms with E-state index in [9.17, 15) is 5.11 Å². The fourth-order valence-corrected chi connectivity index (χ4v) is 2.53. The lowest BCUT2D eigenvalue weighted by Crippen LogP contribution is -2.25. The molecule has 3 heteroatoms. The van der Waals surface area contributed by atoms with Gasteiger partial charge in [0.05, 0.1) is 6.10 Å². The summed E-state index contributed by atoms with van der Waals surface area (Å²) in [6.45, 7) is 2.71. The number of halogens is 1. The molecule has 1 aromatic carbocycles. The number of nitrogens with two attached hydrogens (primary N) is 1. The van der Waals surface area contributed by atoms with Crippen LogP contribution in [0.3, 0.4) is 0 Å². The number of rotatable bonds is 3. The Hall–Kier alpha value is -0.380. The fraction of sp³-hybridized carbons (Fsp3) is 0.500. The smallest absolute Gasteiger partial charge is 0.0860 e. The zero-order chi connectivity index (χ0) is 11.1. The van der Waals surface area contributed by atoms with Gasteiger partial charge in [0.15, 0.2) is 0 Å². The van der Waals surface area contributed by atoms with Gasteiger partial charge in [-0.05, 0) is 30.0 Å². The van der Waals surface area contributed by atoms with Crippen LogP contribution in [-0.4, -0.2) is 11.7 Å². The molecule has 3 N–H and O–H groups in total. The van der Waals surface area contributed by atoms with Crippen LogP contribution in [0.2, 0.25) is 0 Å². The summed E-state index contributed by atoms with van der Waals surface area (Å²) >= 11 is 3.38. The van der Waals surface area contributed by atoms with Crippen LogP contribution in [-0.2, 0) is 0 Å². The maximum Gasteiger partial charge on any atom is 0.0860 e. The first kappa shape index (κ1) is 11.1. The van der Waals surface area contributed by atoms with E-state index in [-0.39, 0.29) is 5.41 Å². The van der Waals surface area contributed by atoms with Crippen molar-refractivity contribution in [3.05, 3.63) is 34.3 Å². The zero-order valence-corrected chi connectivity index (χ0v) is 10.4. The van der Waals surface area contributed by atoms with Crippen molar-refractivity contribution in [3.63, 3.8) is 0 Å². The van der Waals surface area contributed by atoms with E-state index in [1.54, 1.807) is 0 Å². The molecule has 82 valence electrons. The molecule has 1 saturated carbocycles. The van der Waals surface area contributed by atoms with Gasteiger partial charge >= 0.3 is 0 Å². The normalized spacial score (nSPS) is 31.3. The Kier molecular flexibility index (Phi) is 2.88. The van der Waals surface area contributed by atoms with Gasteiger partial charge < -0.3 is 10.8 Å². The van der Waals surface area contributed by atoms with Crippen LogP contribution in [0.5, 0.6) is 0 Å². The van der Waals surface area contributed by atoms with Gasteiger partial charge in [-0.1, -0.05) is 35.0 Å². The minimum atomic E-state index is -0.425. The maximum atomic E-state index is 10.3. The molecule has 2 nitrogen and oxygen atoms in total. The molecule has 1 aliphatic rings. The lowest BCUT2D eigenvalue weighted by molar-refractivity contribution is 0.0889. The molecule has 0 heterocycles. The first-order valence-corrected chi connectivity index (χ1v) is 6.03. The largest absolute Gasteiger partial charge is 0.388 e. The molecule has 0 unspecified atom stereocenters. The van der Waals surface area contributed by atoms with Gasteiger partial charge in [0.2, 0.25) is 0 Å². The van der Waals surface area contributed by atoms with Crippen LogP contribution in [0.15, 0.2) is 28.7 Å². The summed E-state index contributed by atoms with van der Waals surface area (Å²) in [5.74, 6) is 0.529. The number of aliphatic hydroxyl groups excluding tert-OH is 1. The summed E-state index contributed by atoms with van der Waals surface area (Å²) in [7, 11) is 0. The van der Waals surface area contributed by atoms with Crippen LogP contribution in [0.4, 0.5) is 0 Å². The van der Waals surface area contributed by atoms with E-state index in [4.69, 9.17) is 5.73 Å². The van der Waals surface area contributed by atoms with Crippen molar-refractivity contribution in [1.29, 1.82) is 0 Å². The van der Waals surface area contributed by atoms with E-state index in [2.05, 4.69) is 22.9 Å². The number of hydrogen-bond acceptors (Lipinski definition) is 2. The molecule has 1 aliphatic carbocycles. The SMILES string of the molecule is C[C@@H]1C[C@]1(CN)[C@@H](O)c1ccc(Br)cc1. The summed E-state index contributed by atoms with van der Waals surface area (Å²) in [4.78, 5) is 0. The second-order valence-corrected chi connectivity index (χ2v) is 5.41. The Balaban J connectivity index is 2.21. The van der Waals surface area contributed by atoms with E-state index < -0.39 is 6.10 Å². The minimum Gasteiger partial charge on any atom is -0.388 e. The van der Waals surface area contributed by atoms with Gasteiger partial charge in [-0.25, -0.2) is 0 Å². The average Bonchev–Trinajstić information content (AvgIpc) is 2.91. The third-order valence-corrected chi connectivity index (χ3v) is 4.15. The maximum absolute atomic E-state index is 10.3. The molecule has 0 radical (unpaired) electrons. The Labute approximate surface area is 98.6 Å². The van der Waals surface area contributed by atoms with Crippen LogP contribution in [0, 0.1) is 11.3 Å². The summed E-state index contributed by atoms with van der Waals surface area (Å²) in [5.41, 5.74) is 6.65. The number of aliphatic hydroxyl groups is 1. The average molecular weight is 270 g/mol. The zero-order valence-electron chi connectivity index (χ0n) is 8.78. The van der Waals surface area contributed by atoms with Gasteiger partial charge in [-0.15, -0.1) is 0 Å². The Morgan fingerprint density at radius 3 is 2.47 bits per heavy atom.